The molecule has 0 unspecified atom stereocenters. The molecular formula is C25H34N2O3. The molecule has 2 aromatic carbocycles. The van der Waals surface area contributed by atoms with E-state index in [2.05, 4.69) is 5.32 Å². The third-order valence-electron chi connectivity index (χ3n) is 4.81. The van der Waals surface area contributed by atoms with Crippen LogP contribution in [0.2, 0.25) is 0 Å². The van der Waals surface area contributed by atoms with Crippen molar-refractivity contribution in [3.63, 3.8) is 0 Å². The van der Waals surface area contributed by atoms with Crippen molar-refractivity contribution in [3.05, 3.63) is 65.7 Å². The number of amides is 2. The number of nitrogens with one attached hydrogen (secondary N) is 1. The van der Waals surface area contributed by atoms with Gasteiger partial charge < -0.3 is 15.0 Å². The van der Waals surface area contributed by atoms with Gasteiger partial charge in [0.2, 0.25) is 11.8 Å². The molecule has 1 atom stereocenters. The summed E-state index contributed by atoms with van der Waals surface area (Å²) in [6.45, 7) is 10.5. The van der Waals surface area contributed by atoms with Crippen LogP contribution < -0.4 is 10.1 Å². The first-order valence-corrected chi connectivity index (χ1v) is 10.5. The van der Waals surface area contributed by atoms with Gasteiger partial charge in [-0.25, -0.2) is 0 Å². The van der Waals surface area contributed by atoms with Crippen LogP contribution in [0.1, 0.15) is 51.7 Å². The molecule has 0 radical (unpaired) electrons. The summed E-state index contributed by atoms with van der Waals surface area (Å²) < 4.78 is 5.70. The lowest BCUT2D eigenvalue weighted by atomic mass is 10.1. The number of hydrogen-bond donors (Lipinski definition) is 1. The van der Waals surface area contributed by atoms with Crippen molar-refractivity contribution in [3.8, 4) is 5.75 Å². The van der Waals surface area contributed by atoms with Crippen molar-refractivity contribution in [2.75, 3.05) is 6.61 Å². The zero-order chi connectivity index (χ0) is 22.1. The summed E-state index contributed by atoms with van der Waals surface area (Å²) in [5, 5.41) is 2.99. The van der Waals surface area contributed by atoms with Crippen molar-refractivity contribution in [2.24, 2.45) is 0 Å². The van der Waals surface area contributed by atoms with E-state index in [0.717, 1.165) is 16.9 Å². The highest BCUT2D eigenvalue weighted by molar-refractivity contribution is 5.87. The van der Waals surface area contributed by atoms with E-state index in [1.165, 1.54) is 0 Å². The number of hydrogen-bond acceptors (Lipinski definition) is 3. The molecular weight excluding hydrogens is 376 g/mol. The molecule has 0 aromatic heterocycles. The molecule has 0 aliphatic carbocycles. The van der Waals surface area contributed by atoms with Crippen molar-refractivity contribution >= 4 is 11.8 Å². The fraction of sp³-hybridized carbons (Fsp3) is 0.440. The molecule has 1 N–H and O–H groups in total. The largest absolute Gasteiger partial charge is 0.494 e. The topological polar surface area (TPSA) is 58.6 Å². The van der Waals surface area contributed by atoms with Crippen molar-refractivity contribution in [1.29, 1.82) is 0 Å². The second kappa shape index (κ2) is 10.8. The Bertz CT molecular complexity index is 828. The first kappa shape index (κ1) is 23.5. The lowest BCUT2D eigenvalue weighted by Gasteiger charge is -2.32. The first-order valence-electron chi connectivity index (χ1n) is 10.5. The molecule has 0 bridgehead atoms. The highest BCUT2D eigenvalue weighted by Crippen LogP contribution is 2.16. The van der Waals surface area contributed by atoms with E-state index in [-0.39, 0.29) is 17.4 Å². The second-order valence-electron chi connectivity index (χ2n) is 8.63. The number of aryl methyl sites for hydroxylation is 1. The highest BCUT2D eigenvalue weighted by Gasteiger charge is 2.28. The van der Waals surface area contributed by atoms with Gasteiger partial charge in [-0.05, 0) is 64.3 Å². The van der Waals surface area contributed by atoms with E-state index >= 15 is 0 Å². The summed E-state index contributed by atoms with van der Waals surface area (Å²) in [5.41, 5.74) is 1.79. The molecule has 0 saturated heterocycles. The molecule has 0 heterocycles. The van der Waals surface area contributed by atoms with Crippen LogP contribution in [0, 0.1) is 6.92 Å². The zero-order valence-electron chi connectivity index (χ0n) is 18.8. The Morgan fingerprint density at radius 2 is 1.67 bits per heavy atom. The van der Waals surface area contributed by atoms with Crippen LogP contribution in [0.15, 0.2) is 54.6 Å². The van der Waals surface area contributed by atoms with Gasteiger partial charge in [0.25, 0.3) is 0 Å². The molecule has 0 aliphatic rings. The fourth-order valence-corrected chi connectivity index (χ4v) is 3.10. The smallest absolute Gasteiger partial charge is 0.242 e. The minimum atomic E-state index is -0.564. The lowest BCUT2D eigenvalue weighted by molar-refractivity contribution is -0.141. The Morgan fingerprint density at radius 3 is 2.30 bits per heavy atom. The van der Waals surface area contributed by atoms with E-state index in [1.54, 1.807) is 11.8 Å². The number of benzene rings is 2. The van der Waals surface area contributed by atoms with Gasteiger partial charge in [-0.3, -0.25) is 9.59 Å². The third-order valence-corrected chi connectivity index (χ3v) is 4.81. The van der Waals surface area contributed by atoms with Gasteiger partial charge in [0.05, 0.1) is 6.61 Å². The van der Waals surface area contributed by atoms with E-state index in [4.69, 9.17) is 4.74 Å². The summed E-state index contributed by atoms with van der Waals surface area (Å²) in [6.07, 6.45) is 0.914. The third kappa shape index (κ3) is 7.54. The van der Waals surface area contributed by atoms with Crippen LogP contribution >= 0.6 is 0 Å². The Labute approximate surface area is 180 Å². The molecule has 2 aromatic rings. The molecule has 5 heteroatoms. The minimum Gasteiger partial charge on any atom is -0.494 e. The van der Waals surface area contributed by atoms with Gasteiger partial charge in [-0.2, -0.15) is 0 Å². The van der Waals surface area contributed by atoms with Crippen LogP contribution in [-0.4, -0.2) is 34.9 Å². The number of carbonyl (C=O) groups excluding carboxylic acids is 2. The van der Waals surface area contributed by atoms with Gasteiger partial charge in [0.15, 0.2) is 0 Å². The van der Waals surface area contributed by atoms with E-state index in [1.807, 2.05) is 82.3 Å². The highest BCUT2D eigenvalue weighted by atomic mass is 16.5. The molecule has 2 amide bonds. The summed E-state index contributed by atoms with van der Waals surface area (Å²) in [7, 11) is 0. The van der Waals surface area contributed by atoms with Gasteiger partial charge in [-0.15, -0.1) is 0 Å². The predicted octanol–water partition coefficient (Wildman–Crippen LogP) is 4.49. The van der Waals surface area contributed by atoms with Crippen LogP contribution in [0.5, 0.6) is 5.75 Å². The summed E-state index contributed by atoms with van der Waals surface area (Å²) in [4.78, 5) is 27.5. The van der Waals surface area contributed by atoms with E-state index in [0.29, 0.717) is 26.0 Å². The predicted molar refractivity (Wildman–Crippen MR) is 120 cm³/mol. The summed E-state index contributed by atoms with van der Waals surface area (Å²) in [6, 6.07) is 16.9. The second-order valence-corrected chi connectivity index (χ2v) is 8.63. The van der Waals surface area contributed by atoms with Crippen molar-refractivity contribution in [1.82, 2.24) is 10.2 Å². The molecule has 30 heavy (non-hydrogen) atoms. The minimum absolute atomic E-state index is 0.0496. The summed E-state index contributed by atoms with van der Waals surface area (Å²) >= 11 is 0. The molecule has 5 nitrogen and oxygen atoms in total. The first-order chi connectivity index (χ1) is 14.2. The van der Waals surface area contributed by atoms with E-state index in [9.17, 15) is 9.59 Å². The van der Waals surface area contributed by atoms with Crippen LogP contribution in [-0.2, 0) is 16.1 Å². The molecule has 162 valence electrons. The normalized spacial score (nSPS) is 12.2. The molecule has 0 aliphatic heterocycles. The van der Waals surface area contributed by atoms with Crippen molar-refractivity contribution < 1.29 is 14.3 Å². The maximum absolute atomic E-state index is 13.1. The van der Waals surface area contributed by atoms with Gasteiger partial charge in [-0.1, -0.05) is 42.5 Å². The number of nitrogens with zero attached hydrogens (tertiary/aromatic N) is 1. The number of para-hydroxylation sites is 1. The Kier molecular flexibility index (Phi) is 8.46. The number of rotatable bonds is 9. The molecule has 0 fully saturated rings. The van der Waals surface area contributed by atoms with Crippen molar-refractivity contribution in [2.45, 2.75) is 65.6 Å². The summed E-state index contributed by atoms with van der Waals surface area (Å²) in [5.74, 6) is 0.594. The Hall–Kier alpha value is -2.82. The quantitative estimate of drug-likeness (QED) is 0.620. The van der Waals surface area contributed by atoms with E-state index < -0.39 is 6.04 Å². The van der Waals surface area contributed by atoms with Crippen LogP contribution in [0.4, 0.5) is 0 Å². The lowest BCUT2D eigenvalue weighted by Crippen LogP contribution is -2.52. The van der Waals surface area contributed by atoms with Gasteiger partial charge in [0, 0.05) is 18.5 Å². The molecule has 2 rings (SSSR count). The SMILES string of the molecule is Cc1ccccc1CN(C(=O)CCCOc1ccccc1)[C@H](C)C(=O)NC(C)(C)C. The zero-order valence-corrected chi connectivity index (χ0v) is 18.8. The molecule has 0 spiro atoms. The fourth-order valence-electron chi connectivity index (χ4n) is 3.10. The standard InChI is InChI=1S/C25H34N2O3/c1-19-12-9-10-13-21(19)18-27(20(2)24(29)26-25(3,4)5)23(28)16-11-17-30-22-14-7-6-8-15-22/h6-10,12-15,20H,11,16-18H2,1-5H3,(H,26,29)/t20-/m1/s1. The Balaban J connectivity index is 2.04. The number of ether oxygens (including phenoxy) is 1. The molecule has 0 saturated carbocycles. The monoisotopic (exact) mass is 410 g/mol. The number of carbonyl (C=O) groups is 2. The Morgan fingerprint density at radius 1 is 1.03 bits per heavy atom. The van der Waals surface area contributed by atoms with Crippen LogP contribution in [0.25, 0.3) is 0 Å². The maximum Gasteiger partial charge on any atom is 0.242 e. The average molecular weight is 411 g/mol. The van der Waals surface area contributed by atoms with Crippen LogP contribution in [0.3, 0.4) is 0 Å². The van der Waals surface area contributed by atoms with Gasteiger partial charge in [0.1, 0.15) is 11.8 Å². The van der Waals surface area contributed by atoms with Gasteiger partial charge >= 0.3 is 0 Å². The average Bonchev–Trinajstić information content (AvgIpc) is 2.69. The maximum atomic E-state index is 13.1.